The second kappa shape index (κ2) is 9.32. The van der Waals surface area contributed by atoms with Gasteiger partial charge in [-0.3, -0.25) is 9.36 Å². The third kappa shape index (κ3) is 4.78. The van der Waals surface area contributed by atoms with E-state index in [9.17, 15) is 4.79 Å². The Labute approximate surface area is 188 Å². The minimum absolute atomic E-state index is 0.139. The Bertz CT molecular complexity index is 1230. The first-order chi connectivity index (χ1) is 15.1. The molecule has 0 saturated heterocycles. The normalized spacial score (nSPS) is 10.9. The lowest BCUT2D eigenvalue weighted by atomic mass is 10.2. The summed E-state index contributed by atoms with van der Waals surface area (Å²) in [6.45, 7) is 6.40. The molecule has 0 aliphatic heterocycles. The van der Waals surface area contributed by atoms with Gasteiger partial charge in [0, 0.05) is 12.1 Å². The van der Waals surface area contributed by atoms with Gasteiger partial charge in [-0.15, -0.1) is 16.8 Å². The van der Waals surface area contributed by atoms with Gasteiger partial charge in [0.15, 0.2) is 16.1 Å². The molecule has 0 spiro atoms. The number of hydrogen-bond donors (Lipinski definition) is 1. The molecule has 158 valence electrons. The summed E-state index contributed by atoms with van der Waals surface area (Å²) in [4.78, 5) is 17.0. The number of amides is 1. The van der Waals surface area contributed by atoms with Gasteiger partial charge < -0.3 is 10.1 Å². The topological polar surface area (TPSA) is 81.9 Å². The third-order valence-corrected chi connectivity index (χ3v) is 6.40. The zero-order valence-corrected chi connectivity index (χ0v) is 18.8. The summed E-state index contributed by atoms with van der Waals surface area (Å²) in [6, 6.07) is 13.6. The first-order valence-electron chi connectivity index (χ1n) is 9.55. The number of nitrogens with zero attached hydrogens (tertiary/aromatic N) is 4. The van der Waals surface area contributed by atoms with Gasteiger partial charge in [0.1, 0.15) is 5.75 Å². The molecule has 0 atom stereocenters. The van der Waals surface area contributed by atoms with E-state index in [1.807, 2.05) is 47.9 Å². The maximum atomic E-state index is 12.5. The van der Waals surface area contributed by atoms with E-state index in [4.69, 9.17) is 4.74 Å². The predicted octanol–water partition coefficient (Wildman–Crippen LogP) is 4.79. The van der Waals surface area contributed by atoms with Gasteiger partial charge in [0.2, 0.25) is 5.91 Å². The van der Waals surface area contributed by atoms with E-state index >= 15 is 0 Å². The van der Waals surface area contributed by atoms with Crippen molar-refractivity contribution in [3.63, 3.8) is 0 Å². The van der Waals surface area contributed by atoms with Crippen molar-refractivity contribution in [3.05, 3.63) is 60.7 Å². The van der Waals surface area contributed by atoms with Gasteiger partial charge in [-0.25, -0.2) is 4.98 Å². The van der Waals surface area contributed by atoms with Crippen LogP contribution in [-0.2, 0) is 11.3 Å². The van der Waals surface area contributed by atoms with Crippen molar-refractivity contribution in [1.29, 1.82) is 0 Å². The maximum absolute atomic E-state index is 12.5. The van der Waals surface area contributed by atoms with Gasteiger partial charge in [0.05, 0.1) is 23.1 Å². The fraction of sp³-hybridized carbons (Fsp3) is 0.182. The summed E-state index contributed by atoms with van der Waals surface area (Å²) in [7, 11) is 1.63. The number of benzene rings is 2. The Morgan fingerprint density at radius 1 is 1.26 bits per heavy atom. The number of hydrogen-bond acceptors (Lipinski definition) is 7. The average Bonchev–Trinajstić information content (AvgIpc) is 3.35. The van der Waals surface area contributed by atoms with Crippen LogP contribution in [0.1, 0.15) is 5.56 Å². The molecule has 1 amide bonds. The van der Waals surface area contributed by atoms with Crippen LogP contribution in [0, 0.1) is 6.92 Å². The van der Waals surface area contributed by atoms with Crippen LogP contribution in [0.25, 0.3) is 21.6 Å². The molecule has 31 heavy (non-hydrogen) atoms. The number of aryl methyl sites for hydroxylation is 1. The van der Waals surface area contributed by atoms with Crippen molar-refractivity contribution < 1.29 is 9.53 Å². The van der Waals surface area contributed by atoms with E-state index in [0.717, 1.165) is 21.5 Å². The highest BCUT2D eigenvalue weighted by atomic mass is 32.2. The molecule has 4 rings (SSSR count). The first kappa shape index (κ1) is 21.1. The van der Waals surface area contributed by atoms with Gasteiger partial charge in [-0.05, 0) is 48.9 Å². The van der Waals surface area contributed by atoms with Crippen molar-refractivity contribution in [2.75, 3.05) is 18.2 Å². The SMILES string of the molecule is C=CCn1c(SCC(=O)Nc2nc3ccc(C)cc3s2)nnc1-c1ccc(OC)cc1. The van der Waals surface area contributed by atoms with Crippen molar-refractivity contribution in [1.82, 2.24) is 19.7 Å². The van der Waals surface area contributed by atoms with Crippen LogP contribution in [0.5, 0.6) is 5.75 Å². The molecule has 0 radical (unpaired) electrons. The molecule has 0 unspecified atom stereocenters. The van der Waals surface area contributed by atoms with E-state index in [0.29, 0.717) is 22.7 Å². The van der Waals surface area contributed by atoms with Crippen LogP contribution >= 0.6 is 23.1 Å². The lowest BCUT2D eigenvalue weighted by molar-refractivity contribution is -0.113. The second-order valence-electron chi connectivity index (χ2n) is 6.76. The molecule has 2 heterocycles. The summed E-state index contributed by atoms with van der Waals surface area (Å²) in [5.74, 6) is 1.55. The highest BCUT2D eigenvalue weighted by Gasteiger charge is 2.16. The van der Waals surface area contributed by atoms with Crippen LogP contribution in [0.4, 0.5) is 5.13 Å². The molecule has 2 aromatic heterocycles. The number of aromatic nitrogens is 4. The molecule has 0 saturated carbocycles. The molecule has 0 aliphatic rings. The van der Waals surface area contributed by atoms with Crippen molar-refractivity contribution in [3.8, 4) is 17.1 Å². The number of methoxy groups -OCH3 is 1. The predicted molar refractivity (Wildman–Crippen MR) is 126 cm³/mol. The fourth-order valence-corrected chi connectivity index (χ4v) is 4.74. The Morgan fingerprint density at radius 2 is 2.06 bits per heavy atom. The van der Waals surface area contributed by atoms with E-state index in [1.165, 1.54) is 28.7 Å². The highest BCUT2D eigenvalue weighted by molar-refractivity contribution is 7.99. The Hall–Kier alpha value is -3.17. The summed E-state index contributed by atoms with van der Waals surface area (Å²) >= 11 is 2.80. The number of thioether (sulfide) groups is 1. The third-order valence-electron chi connectivity index (χ3n) is 4.50. The summed E-state index contributed by atoms with van der Waals surface area (Å²) in [5, 5.41) is 12.7. The lowest BCUT2D eigenvalue weighted by Gasteiger charge is -2.08. The standard InChI is InChI=1S/C22H21N5O2S2/c1-4-11-27-20(15-6-8-16(29-3)9-7-15)25-26-22(27)30-13-19(28)24-21-23-17-10-5-14(2)12-18(17)31-21/h4-10,12H,1,11,13H2,2-3H3,(H,23,24,28). The largest absolute Gasteiger partial charge is 0.497 e. The van der Waals surface area contributed by atoms with Crippen LogP contribution in [0.15, 0.2) is 60.3 Å². The molecular weight excluding hydrogens is 430 g/mol. The summed E-state index contributed by atoms with van der Waals surface area (Å²) in [5.41, 5.74) is 2.96. The molecule has 2 aromatic carbocycles. The number of thiazole rings is 1. The zero-order valence-electron chi connectivity index (χ0n) is 17.2. The summed E-state index contributed by atoms with van der Waals surface area (Å²) in [6.07, 6.45) is 1.78. The van der Waals surface area contributed by atoms with E-state index in [-0.39, 0.29) is 11.7 Å². The Balaban J connectivity index is 1.46. The number of allylic oxidation sites excluding steroid dienone is 1. The zero-order chi connectivity index (χ0) is 21.8. The number of rotatable bonds is 8. The van der Waals surface area contributed by atoms with Gasteiger partial charge in [-0.2, -0.15) is 0 Å². The Kier molecular flexibility index (Phi) is 6.34. The summed E-state index contributed by atoms with van der Waals surface area (Å²) < 4.78 is 8.21. The van der Waals surface area contributed by atoms with E-state index in [2.05, 4.69) is 33.1 Å². The number of carbonyl (C=O) groups excluding carboxylic acids is 1. The van der Waals surface area contributed by atoms with Crippen LogP contribution in [0.3, 0.4) is 0 Å². The number of fused-ring (bicyclic) bond motifs is 1. The lowest BCUT2D eigenvalue weighted by Crippen LogP contribution is -2.14. The number of ether oxygens (including phenoxy) is 1. The molecule has 7 nitrogen and oxygen atoms in total. The van der Waals surface area contributed by atoms with E-state index in [1.54, 1.807) is 13.2 Å². The smallest absolute Gasteiger partial charge is 0.236 e. The second-order valence-corrected chi connectivity index (χ2v) is 8.73. The molecule has 0 aliphatic carbocycles. The van der Waals surface area contributed by atoms with Gasteiger partial charge in [0.25, 0.3) is 0 Å². The van der Waals surface area contributed by atoms with Crippen LogP contribution in [-0.4, -0.2) is 38.5 Å². The number of nitrogens with one attached hydrogen (secondary N) is 1. The molecule has 1 N–H and O–H groups in total. The number of carbonyl (C=O) groups is 1. The first-order valence-corrected chi connectivity index (χ1v) is 11.4. The van der Waals surface area contributed by atoms with Crippen molar-refractivity contribution in [2.24, 2.45) is 0 Å². The van der Waals surface area contributed by atoms with Crippen molar-refractivity contribution in [2.45, 2.75) is 18.6 Å². The minimum Gasteiger partial charge on any atom is -0.497 e. The van der Waals surface area contributed by atoms with Crippen LogP contribution in [0.2, 0.25) is 0 Å². The maximum Gasteiger partial charge on any atom is 0.236 e. The molecule has 0 bridgehead atoms. The van der Waals surface area contributed by atoms with Crippen molar-refractivity contribution >= 4 is 44.4 Å². The molecule has 9 heteroatoms. The Morgan fingerprint density at radius 3 is 2.81 bits per heavy atom. The quantitative estimate of drug-likeness (QED) is 0.306. The van der Waals surface area contributed by atoms with Gasteiger partial charge >= 0.3 is 0 Å². The average molecular weight is 452 g/mol. The molecular formula is C22H21N5O2S2. The van der Waals surface area contributed by atoms with Gasteiger partial charge in [-0.1, -0.05) is 35.2 Å². The number of anilines is 1. The minimum atomic E-state index is -0.139. The van der Waals surface area contributed by atoms with Crippen LogP contribution < -0.4 is 10.1 Å². The molecule has 0 fully saturated rings. The molecule has 4 aromatic rings. The fourth-order valence-electron chi connectivity index (χ4n) is 3.01. The van der Waals surface area contributed by atoms with E-state index < -0.39 is 0 Å². The monoisotopic (exact) mass is 451 g/mol. The highest BCUT2D eigenvalue weighted by Crippen LogP contribution is 2.28.